The van der Waals surface area contributed by atoms with Crippen molar-refractivity contribution in [2.75, 3.05) is 42.8 Å². The number of benzene rings is 2. The minimum absolute atomic E-state index is 0.0288. The molecule has 28 nitrogen and oxygen atoms in total. The summed E-state index contributed by atoms with van der Waals surface area (Å²) >= 11 is 2.27. The maximum Gasteiger partial charge on any atom is 0.490 e. The van der Waals surface area contributed by atoms with Crippen molar-refractivity contribution in [3.63, 3.8) is 0 Å². The molecular weight excluding hydrogens is 1170 g/mol. The Bertz CT molecular complexity index is 3230. The molecule has 5 aromatic rings. The molecule has 0 saturated carbocycles. The maximum atomic E-state index is 13.2. The highest BCUT2D eigenvalue weighted by atomic mass is 32.2. The number of rotatable bonds is 25. The molecule has 3 aromatic heterocycles. The lowest BCUT2D eigenvalue weighted by molar-refractivity contribution is -0.150. The van der Waals surface area contributed by atoms with Gasteiger partial charge in [-0.05, 0) is 17.4 Å². The van der Waals surface area contributed by atoms with Crippen LogP contribution in [0.15, 0.2) is 94.0 Å². The standard InChI is InChI=1S/C41H48F3N7O21P4S2/c1-77-17-14-45-35-30-36(49-39(48-35)78-16-13-41(42,43)44)51(22-46-30)38-34-32(67-29(69-34)19-24-10-6-3-7-11-24)26(65-38)21-63-74(56,57)71-76(60,61)72-75(58,59)70-73(54,55)62-20-25-31-33(37(64-25)50-15-12-27(52)47-40(50)53)68-28(66-31)18-23-8-4-2-5-9-23/h2-12,15,22,25-26,28-29,31-34,37-38H,13-14,16-21H2,1H3,(H,54,55)(H,56,57)(H,58,59)(H,60,61)(H,45,48,49)(H,47,52,53)/t25-,26+,28?,29?,31-,32+,33-,34+,37-,38+/m0/s1. The topological polar surface area (TPSA) is 361 Å². The Morgan fingerprint density at radius 2 is 1.21 bits per heavy atom. The summed E-state index contributed by atoms with van der Waals surface area (Å²) in [5.41, 5.74) is 0.231. The van der Waals surface area contributed by atoms with Crippen molar-refractivity contribution in [1.82, 2.24) is 29.1 Å². The van der Waals surface area contributed by atoms with Crippen LogP contribution in [0.1, 0.15) is 30.0 Å². The van der Waals surface area contributed by atoms with Gasteiger partial charge in [-0.1, -0.05) is 72.4 Å². The second kappa shape index (κ2) is 24.4. The van der Waals surface area contributed by atoms with E-state index in [4.69, 9.17) is 37.5 Å². The van der Waals surface area contributed by atoms with Crippen LogP contribution in [-0.2, 0) is 81.5 Å². The van der Waals surface area contributed by atoms with Crippen molar-refractivity contribution < 1.29 is 101 Å². The first kappa shape index (κ1) is 58.9. The number of imidazole rings is 1. The Morgan fingerprint density at radius 3 is 1.72 bits per heavy atom. The first-order valence-electron chi connectivity index (χ1n) is 23.2. The summed E-state index contributed by atoms with van der Waals surface area (Å²) in [6.07, 6.45) is -12.5. The fourth-order valence-corrected chi connectivity index (χ4v) is 14.6. The van der Waals surface area contributed by atoms with Crippen molar-refractivity contribution in [3.05, 3.63) is 111 Å². The van der Waals surface area contributed by atoms with Gasteiger partial charge in [0.2, 0.25) is 0 Å². The second-order valence-electron chi connectivity index (χ2n) is 17.3. The first-order valence-corrected chi connectivity index (χ1v) is 31.5. The molecular formula is C41H48F3N7O21P4S2. The lowest BCUT2D eigenvalue weighted by Crippen LogP contribution is -2.36. The third-order valence-electron chi connectivity index (χ3n) is 11.7. The molecule has 426 valence electrons. The largest absolute Gasteiger partial charge is 0.490 e. The fourth-order valence-electron chi connectivity index (χ4n) is 8.55. The van der Waals surface area contributed by atoms with Gasteiger partial charge in [-0.3, -0.25) is 28.0 Å². The summed E-state index contributed by atoms with van der Waals surface area (Å²) < 4.78 is 153. The van der Waals surface area contributed by atoms with Crippen LogP contribution in [-0.4, -0.2) is 142 Å². The Labute approximate surface area is 447 Å². The molecule has 4 aliphatic rings. The quantitative estimate of drug-likeness (QED) is 0.0190. The zero-order valence-corrected chi connectivity index (χ0v) is 45.4. The van der Waals surface area contributed by atoms with Crippen LogP contribution in [0.5, 0.6) is 0 Å². The molecule has 0 aliphatic carbocycles. The third kappa shape index (κ3) is 15.0. The van der Waals surface area contributed by atoms with Gasteiger partial charge in [0.1, 0.15) is 36.6 Å². The first-order chi connectivity index (χ1) is 36.9. The van der Waals surface area contributed by atoms with E-state index in [0.29, 0.717) is 12.3 Å². The second-order valence-corrected chi connectivity index (χ2v) is 25.6. The molecule has 14 atom stereocenters. The van der Waals surface area contributed by atoms with E-state index < -0.39 is 136 Å². The molecule has 4 aliphatic heterocycles. The zero-order valence-electron chi connectivity index (χ0n) is 40.1. The smallest absolute Gasteiger partial charge is 0.367 e. The predicted octanol–water partition coefficient (Wildman–Crippen LogP) is 5.18. The van der Waals surface area contributed by atoms with E-state index in [-0.39, 0.29) is 35.0 Å². The summed E-state index contributed by atoms with van der Waals surface area (Å²) in [6.45, 7) is -1.57. The average Bonchev–Trinajstić information content (AvgIpc) is 4.38. The van der Waals surface area contributed by atoms with Crippen molar-refractivity contribution in [2.45, 2.75) is 92.3 Å². The maximum absolute atomic E-state index is 13.2. The van der Waals surface area contributed by atoms with Gasteiger partial charge < -0.3 is 53.3 Å². The molecule has 2 aromatic carbocycles. The highest BCUT2D eigenvalue weighted by molar-refractivity contribution is 7.99. The number of nitrogens with one attached hydrogen (secondary N) is 2. The van der Waals surface area contributed by atoms with E-state index in [9.17, 15) is 60.6 Å². The van der Waals surface area contributed by atoms with Gasteiger partial charge in [0, 0.05) is 43.2 Å². The molecule has 4 fully saturated rings. The zero-order chi connectivity index (χ0) is 55.6. The van der Waals surface area contributed by atoms with Crippen LogP contribution < -0.4 is 16.6 Å². The number of aromatic amines is 1. The van der Waals surface area contributed by atoms with E-state index >= 15 is 0 Å². The lowest BCUT2D eigenvalue weighted by atomic mass is 10.1. The van der Waals surface area contributed by atoms with Crippen LogP contribution in [0.4, 0.5) is 19.0 Å². The van der Waals surface area contributed by atoms with Crippen LogP contribution in [0.2, 0.25) is 0 Å². The predicted molar refractivity (Wildman–Crippen MR) is 265 cm³/mol. The molecule has 9 rings (SSSR count). The van der Waals surface area contributed by atoms with Gasteiger partial charge in [-0.25, -0.2) is 38.0 Å². The molecule has 78 heavy (non-hydrogen) atoms. The van der Waals surface area contributed by atoms with Crippen molar-refractivity contribution in [2.24, 2.45) is 0 Å². The number of thioether (sulfide) groups is 2. The van der Waals surface area contributed by atoms with E-state index in [1.54, 1.807) is 60.7 Å². The van der Waals surface area contributed by atoms with Gasteiger partial charge in [0.15, 0.2) is 47.2 Å². The number of hydrogen-bond donors (Lipinski definition) is 6. The normalized spacial score (nSPS) is 28.2. The van der Waals surface area contributed by atoms with Gasteiger partial charge >= 0.3 is 43.2 Å². The van der Waals surface area contributed by atoms with E-state index in [1.165, 1.54) is 22.7 Å². The molecule has 7 heterocycles. The Morgan fingerprint density at radius 1 is 0.692 bits per heavy atom. The van der Waals surface area contributed by atoms with Gasteiger partial charge in [0.05, 0.1) is 26.0 Å². The number of ether oxygens (including phenoxy) is 6. The summed E-state index contributed by atoms with van der Waals surface area (Å²) in [6, 6.07) is 18.9. The number of nitrogens with zero attached hydrogens (tertiary/aromatic N) is 5. The number of anilines is 1. The highest BCUT2D eigenvalue weighted by Gasteiger charge is 2.57. The van der Waals surface area contributed by atoms with Gasteiger partial charge in [0.25, 0.3) is 5.56 Å². The molecule has 0 spiro atoms. The van der Waals surface area contributed by atoms with E-state index in [1.807, 2.05) is 6.26 Å². The number of fused-ring (bicyclic) bond motifs is 3. The van der Waals surface area contributed by atoms with Gasteiger partial charge in [-0.2, -0.15) is 37.9 Å². The summed E-state index contributed by atoms with van der Waals surface area (Å²) in [4.78, 5) is 81.8. The number of hydrogen-bond acceptors (Lipinski definition) is 23. The number of aromatic nitrogens is 6. The minimum Gasteiger partial charge on any atom is -0.367 e. The van der Waals surface area contributed by atoms with Gasteiger partial charge in [-0.15, -0.1) is 0 Å². The highest BCUT2D eigenvalue weighted by Crippen LogP contribution is 2.71. The van der Waals surface area contributed by atoms with Crippen LogP contribution in [0.3, 0.4) is 0 Å². The minimum atomic E-state index is -6.29. The van der Waals surface area contributed by atoms with Crippen LogP contribution in [0.25, 0.3) is 11.2 Å². The number of phosphoric ester groups is 2. The summed E-state index contributed by atoms with van der Waals surface area (Å²) in [5, 5.41) is 3.09. The SMILES string of the molecule is CSCCNc1nc(SCCC(F)(F)F)nc2c1ncn2[C@@H]1O[C@H](COP(=O)(O)OP(=O)(O)OP(=O)(O)OP(=O)(O)OC[C@@H]2O[C@H](n3ccc(=O)[nH]c3=O)[C@H]3OC(Cc4ccccc4)O[C@H]32)[C@H]2OC(Cc3ccccc3)O[C@H]21. The summed E-state index contributed by atoms with van der Waals surface area (Å²) in [7, 11) is -24.3. The van der Waals surface area contributed by atoms with Crippen molar-refractivity contribution >= 4 is 71.8 Å². The van der Waals surface area contributed by atoms with E-state index in [0.717, 1.165) is 39.7 Å². The Hall–Kier alpha value is -3.72. The number of alkyl halides is 3. The summed E-state index contributed by atoms with van der Waals surface area (Å²) in [5.74, 6) is 0.439. The van der Waals surface area contributed by atoms with Crippen LogP contribution >= 0.6 is 54.8 Å². The average molecular weight is 1220 g/mol. The molecule has 37 heteroatoms. The Kier molecular flexibility index (Phi) is 18.4. The molecule has 4 saturated heterocycles. The molecule has 0 radical (unpaired) electrons. The number of halogens is 3. The Balaban J connectivity index is 0.852. The molecule has 0 amide bonds. The monoisotopic (exact) mass is 1220 g/mol. The van der Waals surface area contributed by atoms with E-state index in [2.05, 4.69) is 38.2 Å². The number of phosphoric acid groups is 4. The fraction of sp³-hybridized carbons (Fsp3) is 0.488. The molecule has 6 unspecified atom stereocenters. The van der Waals surface area contributed by atoms with Crippen molar-refractivity contribution in [3.8, 4) is 0 Å². The number of H-pyrrole nitrogens is 1. The lowest BCUT2D eigenvalue weighted by Gasteiger charge is -2.23. The van der Waals surface area contributed by atoms with Crippen molar-refractivity contribution in [1.29, 1.82) is 0 Å². The third-order valence-corrected chi connectivity index (χ3v) is 19.1. The molecule has 6 N–H and O–H groups in total. The molecule has 0 bridgehead atoms. The van der Waals surface area contributed by atoms with Crippen LogP contribution in [0, 0.1) is 0 Å².